The van der Waals surface area contributed by atoms with E-state index in [2.05, 4.69) is 0 Å². The van der Waals surface area contributed by atoms with Gasteiger partial charge < -0.3 is 14.7 Å². The molecule has 0 heterocycles. The van der Waals surface area contributed by atoms with Crippen LogP contribution in [0.4, 0.5) is 0 Å². The number of hydrogen-bond acceptors (Lipinski definition) is 3. The highest BCUT2D eigenvalue weighted by molar-refractivity contribution is 5.84. The lowest BCUT2D eigenvalue weighted by Gasteiger charge is -2.41. The Bertz CT molecular complexity index is 519. The molecule has 1 N–H and O–H groups in total. The predicted molar refractivity (Wildman–Crippen MR) is 82.3 cm³/mol. The normalized spacial score (nSPS) is 17.4. The van der Waals surface area contributed by atoms with E-state index in [1.807, 2.05) is 30.3 Å². The molecule has 1 unspecified atom stereocenters. The molecule has 5 heteroatoms. The van der Waals surface area contributed by atoms with Crippen LogP contribution in [0.2, 0.25) is 0 Å². The van der Waals surface area contributed by atoms with Gasteiger partial charge >= 0.3 is 5.97 Å². The summed E-state index contributed by atoms with van der Waals surface area (Å²) in [6.07, 6.45) is 3.01. The van der Waals surface area contributed by atoms with E-state index < -0.39 is 17.6 Å². The zero-order chi connectivity index (χ0) is 16.2. The van der Waals surface area contributed by atoms with Crippen LogP contribution in [0.15, 0.2) is 30.3 Å². The second-order valence-electron chi connectivity index (χ2n) is 5.94. The molecule has 0 spiro atoms. The molecule has 22 heavy (non-hydrogen) atoms. The highest BCUT2D eigenvalue weighted by Crippen LogP contribution is 2.38. The summed E-state index contributed by atoms with van der Waals surface area (Å²) < 4.78 is 5.49. The Morgan fingerprint density at radius 2 is 1.95 bits per heavy atom. The SMILES string of the molecule is COC1(CC(=O)N(Cc2ccccc2)C(C)C(=O)O)CCC1. The fourth-order valence-electron chi connectivity index (χ4n) is 2.76. The number of carbonyl (C=O) groups is 2. The average molecular weight is 305 g/mol. The Hall–Kier alpha value is -1.88. The maximum Gasteiger partial charge on any atom is 0.326 e. The van der Waals surface area contributed by atoms with Crippen LogP contribution in [-0.2, 0) is 20.9 Å². The first-order valence-corrected chi connectivity index (χ1v) is 7.59. The number of carbonyl (C=O) groups excluding carboxylic acids is 1. The number of nitrogens with zero attached hydrogens (tertiary/aromatic N) is 1. The zero-order valence-corrected chi connectivity index (χ0v) is 13.1. The molecule has 0 aliphatic heterocycles. The summed E-state index contributed by atoms with van der Waals surface area (Å²) in [5.74, 6) is -1.16. The number of ether oxygens (including phenoxy) is 1. The van der Waals surface area contributed by atoms with Crippen LogP contribution >= 0.6 is 0 Å². The summed E-state index contributed by atoms with van der Waals surface area (Å²) in [6, 6.07) is 8.58. The Kier molecular flexibility index (Phi) is 5.19. The van der Waals surface area contributed by atoms with Crippen molar-refractivity contribution in [2.75, 3.05) is 7.11 Å². The van der Waals surface area contributed by atoms with Crippen molar-refractivity contribution >= 4 is 11.9 Å². The number of methoxy groups -OCH3 is 1. The molecule has 120 valence electrons. The number of hydrogen-bond donors (Lipinski definition) is 1. The molecule has 2 rings (SSSR count). The summed E-state index contributed by atoms with van der Waals surface area (Å²) in [5.41, 5.74) is 0.522. The van der Waals surface area contributed by atoms with Gasteiger partial charge in [-0.2, -0.15) is 0 Å². The van der Waals surface area contributed by atoms with Crippen molar-refractivity contribution in [3.63, 3.8) is 0 Å². The molecule has 0 bridgehead atoms. The molecular formula is C17H23NO4. The van der Waals surface area contributed by atoms with E-state index in [1.165, 1.54) is 4.90 Å². The molecule has 5 nitrogen and oxygen atoms in total. The van der Waals surface area contributed by atoms with Crippen molar-refractivity contribution in [2.45, 2.75) is 50.8 Å². The third kappa shape index (κ3) is 3.65. The lowest BCUT2D eigenvalue weighted by Crippen LogP contribution is -2.48. The van der Waals surface area contributed by atoms with Gasteiger partial charge in [0.15, 0.2) is 0 Å². The summed E-state index contributed by atoms with van der Waals surface area (Å²) in [4.78, 5) is 25.4. The molecule has 1 aromatic carbocycles. The number of aliphatic carboxylic acids is 1. The van der Waals surface area contributed by atoms with E-state index in [-0.39, 0.29) is 12.3 Å². The highest BCUT2D eigenvalue weighted by Gasteiger charge is 2.41. The van der Waals surface area contributed by atoms with E-state index in [9.17, 15) is 14.7 Å². The van der Waals surface area contributed by atoms with Crippen molar-refractivity contribution in [1.82, 2.24) is 4.90 Å². The van der Waals surface area contributed by atoms with Gasteiger partial charge in [-0.3, -0.25) is 4.79 Å². The monoisotopic (exact) mass is 305 g/mol. The second-order valence-corrected chi connectivity index (χ2v) is 5.94. The number of benzene rings is 1. The molecule has 1 amide bonds. The number of carboxylic acids is 1. The number of amides is 1. The Morgan fingerprint density at radius 3 is 2.41 bits per heavy atom. The third-order valence-electron chi connectivity index (χ3n) is 4.51. The Balaban J connectivity index is 2.13. The maximum absolute atomic E-state index is 12.6. The summed E-state index contributed by atoms with van der Waals surface area (Å²) in [5, 5.41) is 9.28. The van der Waals surface area contributed by atoms with Gasteiger partial charge in [0.05, 0.1) is 12.0 Å². The first-order chi connectivity index (χ1) is 10.5. The second kappa shape index (κ2) is 6.92. The van der Waals surface area contributed by atoms with Crippen molar-refractivity contribution in [3.8, 4) is 0 Å². The van der Waals surface area contributed by atoms with E-state index in [1.54, 1.807) is 14.0 Å². The maximum atomic E-state index is 12.6. The van der Waals surface area contributed by atoms with Crippen molar-refractivity contribution in [1.29, 1.82) is 0 Å². The number of rotatable bonds is 7. The van der Waals surface area contributed by atoms with E-state index in [0.29, 0.717) is 6.54 Å². The van der Waals surface area contributed by atoms with Crippen LogP contribution < -0.4 is 0 Å². The molecule has 1 fully saturated rings. The lowest BCUT2D eigenvalue weighted by atomic mass is 9.77. The van der Waals surface area contributed by atoms with Crippen LogP contribution in [0.3, 0.4) is 0 Å². The molecule has 0 saturated heterocycles. The molecule has 1 saturated carbocycles. The Morgan fingerprint density at radius 1 is 1.32 bits per heavy atom. The minimum Gasteiger partial charge on any atom is -0.480 e. The first-order valence-electron chi connectivity index (χ1n) is 7.59. The van der Waals surface area contributed by atoms with Gasteiger partial charge in [0.2, 0.25) is 5.91 Å². The van der Waals surface area contributed by atoms with Crippen molar-refractivity contribution in [2.24, 2.45) is 0 Å². The largest absolute Gasteiger partial charge is 0.480 e. The lowest BCUT2D eigenvalue weighted by molar-refractivity contribution is -0.156. The first kappa shape index (κ1) is 16.5. The number of carboxylic acid groups (broad SMARTS) is 1. The van der Waals surface area contributed by atoms with E-state index >= 15 is 0 Å². The predicted octanol–water partition coefficient (Wildman–Crippen LogP) is 2.45. The molecular weight excluding hydrogens is 282 g/mol. The minimum absolute atomic E-state index is 0.166. The van der Waals surface area contributed by atoms with Gasteiger partial charge in [0.1, 0.15) is 6.04 Å². The van der Waals surface area contributed by atoms with Crippen LogP contribution in [0.25, 0.3) is 0 Å². The molecule has 1 aliphatic carbocycles. The molecule has 0 aromatic heterocycles. The average Bonchev–Trinajstić information content (AvgIpc) is 2.48. The van der Waals surface area contributed by atoms with Crippen molar-refractivity contribution in [3.05, 3.63) is 35.9 Å². The highest BCUT2D eigenvalue weighted by atomic mass is 16.5. The van der Waals surface area contributed by atoms with E-state index in [0.717, 1.165) is 24.8 Å². The molecule has 1 aromatic rings. The fourth-order valence-corrected chi connectivity index (χ4v) is 2.76. The van der Waals surface area contributed by atoms with Gasteiger partial charge in [-0.1, -0.05) is 30.3 Å². The van der Waals surface area contributed by atoms with Crippen LogP contribution in [-0.4, -0.2) is 40.6 Å². The van der Waals surface area contributed by atoms with Crippen LogP contribution in [0.5, 0.6) is 0 Å². The summed E-state index contributed by atoms with van der Waals surface area (Å²) in [7, 11) is 1.62. The van der Waals surface area contributed by atoms with Gasteiger partial charge in [-0.25, -0.2) is 4.79 Å². The van der Waals surface area contributed by atoms with Gasteiger partial charge in [-0.15, -0.1) is 0 Å². The summed E-state index contributed by atoms with van der Waals surface area (Å²) >= 11 is 0. The van der Waals surface area contributed by atoms with Gasteiger partial charge in [0, 0.05) is 13.7 Å². The van der Waals surface area contributed by atoms with E-state index in [4.69, 9.17) is 4.74 Å². The molecule has 1 aliphatic rings. The summed E-state index contributed by atoms with van der Waals surface area (Å²) in [6.45, 7) is 1.84. The quantitative estimate of drug-likeness (QED) is 0.840. The van der Waals surface area contributed by atoms with Crippen LogP contribution in [0, 0.1) is 0 Å². The van der Waals surface area contributed by atoms with Gasteiger partial charge in [0.25, 0.3) is 0 Å². The topological polar surface area (TPSA) is 66.8 Å². The van der Waals surface area contributed by atoms with Crippen molar-refractivity contribution < 1.29 is 19.4 Å². The van der Waals surface area contributed by atoms with Gasteiger partial charge in [-0.05, 0) is 31.7 Å². The molecule has 0 radical (unpaired) electrons. The zero-order valence-electron chi connectivity index (χ0n) is 13.1. The molecule has 1 atom stereocenters. The standard InChI is InChI=1S/C17H23NO4/c1-13(16(20)21)18(12-14-7-4-3-5-8-14)15(19)11-17(22-2)9-6-10-17/h3-5,7-8,13H,6,9-12H2,1-2H3,(H,20,21). The van der Waals surface area contributed by atoms with Crippen LogP contribution in [0.1, 0.15) is 38.2 Å². The fraction of sp³-hybridized carbons (Fsp3) is 0.529. The third-order valence-corrected chi connectivity index (χ3v) is 4.51. The smallest absolute Gasteiger partial charge is 0.326 e. The Labute approximate surface area is 130 Å². The minimum atomic E-state index is -0.996.